The zero-order valence-electron chi connectivity index (χ0n) is 24.0. The number of ketones is 1. The van der Waals surface area contributed by atoms with Crippen LogP contribution in [0.1, 0.15) is 92.4 Å². The van der Waals surface area contributed by atoms with Crippen LogP contribution in [0, 0.1) is 22.6 Å². The molecule has 2 unspecified atom stereocenters. The third-order valence-electron chi connectivity index (χ3n) is 10.2. The number of rotatable bonds is 7. The molecule has 42 heavy (non-hydrogen) atoms. The van der Waals surface area contributed by atoms with Crippen LogP contribution in [0.4, 0.5) is 10.2 Å². The van der Waals surface area contributed by atoms with Gasteiger partial charge in [0.2, 0.25) is 0 Å². The highest BCUT2D eigenvalue weighted by atomic mass is 19.1. The van der Waals surface area contributed by atoms with E-state index in [0.717, 1.165) is 68.2 Å². The van der Waals surface area contributed by atoms with Crippen molar-refractivity contribution >= 4 is 29.3 Å². The van der Waals surface area contributed by atoms with Gasteiger partial charge >= 0.3 is 0 Å². The Balaban J connectivity index is 1.21. The molecule has 3 heterocycles. The van der Waals surface area contributed by atoms with Crippen molar-refractivity contribution in [2.24, 2.45) is 21.7 Å². The molecule has 1 amide bonds. The monoisotopic (exact) mass is 565 g/mol. The van der Waals surface area contributed by atoms with Crippen molar-refractivity contribution < 1.29 is 14.0 Å². The fourth-order valence-electron chi connectivity index (χ4n) is 7.38. The van der Waals surface area contributed by atoms with Crippen LogP contribution in [0.5, 0.6) is 0 Å². The quantitative estimate of drug-likeness (QED) is 0.324. The molecule has 4 aliphatic rings. The number of aromatic nitrogens is 3. The maximum Gasteiger partial charge on any atom is 0.269 e. The number of fused-ring (bicyclic) bond motifs is 2. The first kappa shape index (κ1) is 26.9. The number of aromatic amines is 1. The summed E-state index contributed by atoms with van der Waals surface area (Å²) >= 11 is 0. The Labute approximate surface area is 245 Å². The molecular weight excluding hydrogens is 529 g/mol. The lowest BCUT2D eigenvalue weighted by Gasteiger charge is -2.41. The van der Waals surface area contributed by atoms with E-state index in [2.05, 4.69) is 27.4 Å². The lowest BCUT2D eigenvalue weighted by Crippen LogP contribution is -2.43. The van der Waals surface area contributed by atoms with E-state index in [1.807, 2.05) is 30.4 Å². The minimum Gasteiger partial charge on any atom is -0.350 e. The van der Waals surface area contributed by atoms with E-state index in [1.54, 1.807) is 12.3 Å². The molecule has 1 aromatic carbocycles. The molecule has 1 aliphatic heterocycles. The second-order valence-electron chi connectivity index (χ2n) is 12.8. The largest absolute Gasteiger partial charge is 0.350 e. The Bertz CT molecular complexity index is 1590. The lowest BCUT2D eigenvalue weighted by atomic mass is 9.63. The first-order valence-electron chi connectivity index (χ1n) is 15.2. The summed E-state index contributed by atoms with van der Waals surface area (Å²) in [6.45, 7) is 2.80. The summed E-state index contributed by atoms with van der Waals surface area (Å²) in [7, 11) is 0. The van der Waals surface area contributed by atoms with Gasteiger partial charge in [-0.25, -0.2) is 9.38 Å². The topological polar surface area (TPSA) is 100 Å². The van der Waals surface area contributed by atoms with Crippen molar-refractivity contribution in [2.75, 3.05) is 6.54 Å². The van der Waals surface area contributed by atoms with Crippen molar-refractivity contribution in [2.45, 2.75) is 70.6 Å². The predicted molar refractivity (Wildman–Crippen MR) is 160 cm³/mol. The van der Waals surface area contributed by atoms with Crippen LogP contribution in [0.2, 0.25) is 0 Å². The molecule has 8 heteroatoms. The van der Waals surface area contributed by atoms with E-state index in [0.29, 0.717) is 35.7 Å². The molecule has 0 saturated heterocycles. The summed E-state index contributed by atoms with van der Waals surface area (Å²) in [5.41, 5.74) is 4.48. The van der Waals surface area contributed by atoms with Crippen LogP contribution >= 0.6 is 0 Å². The summed E-state index contributed by atoms with van der Waals surface area (Å²) in [6, 6.07) is 10.2. The Morgan fingerprint density at radius 2 is 1.95 bits per heavy atom. The number of carbonyl (C=O) groups excluding carboxylic acids is 2. The Morgan fingerprint density at radius 1 is 1.12 bits per heavy atom. The van der Waals surface area contributed by atoms with Gasteiger partial charge in [0.1, 0.15) is 17.3 Å². The molecule has 2 atom stereocenters. The van der Waals surface area contributed by atoms with Crippen molar-refractivity contribution in [3.05, 3.63) is 71.4 Å². The SMILES string of the molecule is CCC1(CNC(=O)c2[nH]nc3c2C(/C=C/c2ccc(-c4cccc(F)c4)cn2)C2C(=O)CC4(CCCC4)CC2=N3)CC1. The Morgan fingerprint density at radius 3 is 2.67 bits per heavy atom. The Hall–Kier alpha value is -3.94. The van der Waals surface area contributed by atoms with Gasteiger partial charge in [-0.1, -0.05) is 44.0 Å². The number of halogens is 1. The van der Waals surface area contributed by atoms with E-state index >= 15 is 0 Å². The van der Waals surface area contributed by atoms with Crippen LogP contribution < -0.4 is 5.32 Å². The number of nitrogens with one attached hydrogen (secondary N) is 2. The highest BCUT2D eigenvalue weighted by molar-refractivity contribution is 6.11. The number of nitrogens with zero attached hydrogens (tertiary/aromatic N) is 3. The highest BCUT2D eigenvalue weighted by Crippen LogP contribution is 2.53. The molecule has 3 aromatic rings. The average molecular weight is 566 g/mol. The van der Waals surface area contributed by atoms with Crippen molar-refractivity contribution in [1.29, 1.82) is 0 Å². The third-order valence-corrected chi connectivity index (χ3v) is 10.2. The number of benzene rings is 1. The molecule has 3 saturated carbocycles. The molecule has 0 radical (unpaired) electrons. The molecule has 3 fully saturated rings. The van der Waals surface area contributed by atoms with E-state index in [4.69, 9.17) is 4.99 Å². The fourth-order valence-corrected chi connectivity index (χ4v) is 7.38. The number of hydrogen-bond acceptors (Lipinski definition) is 5. The number of carbonyl (C=O) groups is 2. The van der Waals surface area contributed by atoms with E-state index in [-0.39, 0.29) is 34.3 Å². The van der Waals surface area contributed by atoms with Gasteiger partial charge in [-0.15, -0.1) is 0 Å². The van der Waals surface area contributed by atoms with Crippen LogP contribution in [-0.2, 0) is 4.79 Å². The molecule has 2 aromatic heterocycles. The number of aliphatic imine (C=N–C) groups is 1. The summed E-state index contributed by atoms with van der Waals surface area (Å²) in [5, 5.41) is 10.6. The maximum absolute atomic E-state index is 13.9. The molecule has 2 N–H and O–H groups in total. The van der Waals surface area contributed by atoms with Gasteiger partial charge in [-0.3, -0.25) is 19.7 Å². The molecule has 3 aliphatic carbocycles. The molecule has 7 nitrogen and oxygen atoms in total. The predicted octanol–water partition coefficient (Wildman–Crippen LogP) is 6.95. The molecular formula is C34H36FN5O2. The van der Waals surface area contributed by atoms with Crippen LogP contribution in [0.3, 0.4) is 0 Å². The van der Waals surface area contributed by atoms with Gasteiger partial charge in [0.05, 0.1) is 11.6 Å². The maximum atomic E-state index is 13.9. The summed E-state index contributed by atoms with van der Waals surface area (Å²) in [4.78, 5) is 36.8. The standard InChI is InChI=1S/C34H36FN5O2/c1-2-33(14-15-33)20-37-32(42)30-29-25(11-10-24-9-8-22(19-36-24)21-6-5-7-23(35)16-21)28-26(38-31(29)40-39-30)17-34(18-27(28)41)12-3-4-13-34/h5-11,16,19,25,28H,2-4,12-15,17-18,20H2,1H3,(H,37,42)(H,39,40)/b11-10+. The van der Waals surface area contributed by atoms with Crippen LogP contribution in [0.25, 0.3) is 17.2 Å². The molecule has 0 bridgehead atoms. The minimum absolute atomic E-state index is 0.0156. The van der Waals surface area contributed by atoms with Gasteiger partial charge in [0.25, 0.3) is 5.91 Å². The number of pyridine rings is 1. The van der Waals surface area contributed by atoms with Crippen molar-refractivity contribution in [3.63, 3.8) is 0 Å². The number of allylic oxidation sites excluding steroid dienone is 1. The molecule has 216 valence electrons. The van der Waals surface area contributed by atoms with Gasteiger partial charge in [0, 0.05) is 41.9 Å². The highest BCUT2D eigenvalue weighted by Gasteiger charge is 2.50. The number of Topliss-reactive ketones (excluding diaryl/α,β-unsaturated/α-hetero) is 1. The summed E-state index contributed by atoms with van der Waals surface area (Å²) in [5.74, 6) is -0.568. The first-order valence-corrected chi connectivity index (χ1v) is 15.2. The minimum atomic E-state index is -0.416. The number of H-pyrrole nitrogens is 1. The average Bonchev–Trinajstić information content (AvgIpc) is 3.44. The second-order valence-corrected chi connectivity index (χ2v) is 12.8. The third kappa shape index (κ3) is 4.91. The van der Waals surface area contributed by atoms with Crippen LogP contribution in [0.15, 0.2) is 53.7 Å². The number of amides is 1. The smallest absolute Gasteiger partial charge is 0.269 e. The van der Waals surface area contributed by atoms with Gasteiger partial charge < -0.3 is 5.32 Å². The second kappa shape index (κ2) is 10.4. The van der Waals surface area contributed by atoms with Crippen LogP contribution in [-0.4, -0.2) is 39.1 Å². The lowest BCUT2D eigenvalue weighted by molar-refractivity contribution is -0.124. The zero-order chi connectivity index (χ0) is 28.9. The van der Waals surface area contributed by atoms with E-state index in [1.165, 1.54) is 12.1 Å². The number of hydrogen-bond donors (Lipinski definition) is 2. The normalized spacial score (nSPS) is 23.5. The molecule has 1 spiro atoms. The first-order chi connectivity index (χ1) is 20.4. The summed E-state index contributed by atoms with van der Waals surface area (Å²) in [6.07, 6.45) is 14.7. The van der Waals surface area contributed by atoms with Crippen molar-refractivity contribution in [1.82, 2.24) is 20.5 Å². The van der Waals surface area contributed by atoms with E-state index in [9.17, 15) is 14.0 Å². The zero-order valence-corrected chi connectivity index (χ0v) is 24.0. The molecule has 7 rings (SSSR count). The van der Waals surface area contributed by atoms with Gasteiger partial charge in [0.15, 0.2) is 5.82 Å². The van der Waals surface area contributed by atoms with Gasteiger partial charge in [-0.05, 0) is 79.2 Å². The summed E-state index contributed by atoms with van der Waals surface area (Å²) < 4.78 is 13.7. The fraction of sp³-hybridized carbons (Fsp3) is 0.441. The van der Waals surface area contributed by atoms with Gasteiger partial charge in [-0.2, -0.15) is 5.10 Å². The van der Waals surface area contributed by atoms with Crippen molar-refractivity contribution in [3.8, 4) is 11.1 Å². The van der Waals surface area contributed by atoms with E-state index < -0.39 is 5.92 Å². The Kier molecular flexibility index (Phi) is 6.67.